The van der Waals surface area contributed by atoms with Crippen molar-refractivity contribution in [1.82, 2.24) is 19.5 Å². The van der Waals surface area contributed by atoms with E-state index in [1.54, 1.807) is 0 Å². The van der Waals surface area contributed by atoms with Crippen molar-refractivity contribution in [2.24, 2.45) is 0 Å². The van der Waals surface area contributed by atoms with Crippen LogP contribution in [0.3, 0.4) is 0 Å². The number of rotatable bonds is 5. The molecule has 0 radical (unpaired) electrons. The van der Waals surface area contributed by atoms with Crippen molar-refractivity contribution >= 4 is 53.3 Å². The first-order valence-corrected chi connectivity index (χ1v) is 17.5. The first-order chi connectivity index (χ1) is 24.8. The lowest BCUT2D eigenvalue weighted by Gasteiger charge is -2.12. The van der Waals surface area contributed by atoms with Gasteiger partial charge in [0.25, 0.3) is 0 Å². The van der Waals surface area contributed by atoms with Crippen LogP contribution in [0.1, 0.15) is 0 Å². The van der Waals surface area contributed by atoms with Gasteiger partial charge in [0.15, 0.2) is 11.6 Å². The predicted molar refractivity (Wildman–Crippen MR) is 209 cm³/mol. The fourth-order valence-electron chi connectivity index (χ4n) is 7.01. The molecule has 0 aliphatic heterocycles. The Bertz CT molecular complexity index is 2840. The van der Waals surface area contributed by atoms with Gasteiger partial charge in [-0.15, -0.1) is 11.3 Å². The highest BCUT2D eigenvalue weighted by Gasteiger charge is 2.20. The van der Waals surface area contributed by atoms with E-state index >= 15 is 0 Å². The SMILES string of the molecule is c1ccc(-c2ccc(-c3nc(-c4ccccc4)nc(-n4c5cc(-c6ccccc6)ccc5c5cc6c(cc54)sc4ccccc46)n3)cc2)cc1. The highest BCUT2D eigenvalue weighted by Crippen LogP contribution is 2.41. The zero-order chi connectivity index (χ0) is 33.0. The van der Waals surface area contributed by atoms with Gasteiger partial charge in [-0.1, -0.05) is 146 Å². The number of thiophene rings is 1. The fourth-order valence-corrected chi connectivity index (χ4v) is 8.13. The van der Waals surface area contributed by atoms with E-state index < -0.39 is 0 Å². The molecule has 0 atom stereocenters. The van der Waals surface area contributed by atoms with Gasteiger partial charge in [0.1, 0.15) is 0 Å². The van der Waals surface area contributed by atoms with Gasteiger partial charge in [0.05, 0.1) is 11.0 Å². The molecule has 0 aliphatic carbocycles. The molecule has 3 heterocycles. The van der Waals surface area contributed by atoms with Crippen LogP contribution in [0.2, 0.25) is 0 Å². The van der Waals surface area contributed by atoms with Crippen LogP contribution < -0.4 is 0 Å². The van der Waals surface area contributed by atoms with Crippen molar-refractivity contribution in [3.63, 3.8) is 0 Å². The third-order valence-electron chi connectivity index (χ3n) is 9.48. The largest absolute Gasteiger partial charge is 0.278 e. The monoisotopic (exact) mass is 656 g/mol. The van der Waals surface area contributed by atoms with Crippen LogP contribution in [-0.4, -0.2) is 19.5 Å². The summed E-state index contributed by atoms with van der Waals surface area (Å²) in [6.45, 7) is 0. The maximum Gasteiger partial charge on any atom is 0.238 e. The van der Waals surface area contributed by atoms with E-state index in [4.69, 9.17) is 15.0 Å². The van der Waals surface area contributed by atoms with Crippen LogP contribution in [0.5, 0.6) is 0 Å². The van der Waals surface area contributed by atoms with E-state index in [2.05, 4.69) is 150 Å². The molecule has 7 aromatic carbocycles. The Morgan fingerprint density at radius 1 is 0.340 bits per heavy atom. The van der Waals surface area contributed by atoms with Crippen LogP contribution >= 0.6 is 11.3 Å². The van der Waals surface area contributed by atoms with E-state index in [9.17, 15) is 0 Å². The zero-order valence-electron chi connectivity index (χ0n) is 26.9. The summed E-state index contributed by atoms with van der Waals surface area (Å²) in [5, 5.41) is 4.88. The Morgan fingerprint density at radius 3 is 1.56 bits per heavy atom. The molecule has 0 spiro atoms. The average molecular weight is 657 g/mol. The van der Waals surface area contributed by atoms with Gasteiger partial charge in [-0.05, 0) is 46.5 Å². The quantitative estimate of drug-likeness (QED) is 0.185. The van der Waals surface area contributed by atoms with Gasteiger partial charge >= 0.3 is 0 Å². The number of hydrogen-bond donors (Lipinski definition) is 0. The minimum atomic E-state index is 0.590. The average Bonchev–Trinajstić information content (AvgIpc) is 3.72. The Hall–Kier alpha value is -6.43. The van der Waals surface area contributed by atoms with E-state index in [0.29, 0.717) is 17.6 Å². The van der Waals surface area contributed by atoms with Gasteiger partial charge in [-0.2, -0.15) is 9.97 Å². The molecule has 0 bridgehead atoms. The number of hydrogen-bond acceptors (Lipinski definition) is 4. The molecule has 4 nitrogen and oxygen atoms in total. The summed E-state index contributed by atoms with van der Waals surface area (Å²) in [4.78, 5) is 15.5. The van der Waals surface area contributed by atoms with Crippen molar-refractivity contribution in [3.05, 3.63) is 170 Å². The molecule has 10 rings (SSSR count). The van der Waals surface area contributed by atoms with Crippen molar-refractivity contribution in [2.75, 3.05) is 0 Å². The second kappa shape index (κ2) is 11.6. The topological polar surface area (TPSA) is 43.6 Å². The van der Waals surface area contributed by atoms with Crippen LogP contribution in [-0.2, 0) is 0 Å². The van der Waals surface area contributed by atoms with E-state index in [1.165, 1.54) is 31.1 Å². The minimum absolute atomic E-state index is 0.590. The summed E-state index contributed by atoms with van der Waals surface area (Å²) in [6.07, 6.45) is 0. The molecular formula is C45H28N4S. The first-order valence-electron chi connectivity index (χ1n) is 16.7. The first kappa shape index (κ1) is 28.6. The molecule has 5 heteroatoms. The molecule has 3 aromatic heterocycles. The number of benzene rings is 7. The summed E-state index contributed by atoms with van der Waals surface area (Å²) < 4.78 is 4.75. The highest BCUT2D eigenvalue weighted by molar-refractivity contribution is 7.25. The van der Waals surface area contributed by atoms with Crippen LogP contribution in [0.4, 0.5) is 0 Å². The van der Waals surface area contributed by atoms with Crippen molar-refractivity contribution < 1.29 is 0 Å². The van der Waals surface area contributed by atoms with Crippen molar-refractivity contribution in [3.8, 4) is 51.0 Å². The van der Waals surface area contributed by atoms with Gasteiger partial charge in [-0.25, -0.2) is 4.98 Å². The molecule has 0 fully saturated rings. The molecule has 10 aromatic rings. The summed E-state index contributed by atoms with van der Waals surface area (Å²) in [5.74, 6) is 1.85. The van der Waals surface area contributed by atoms with Gasteiger partial charge < -0.3 is 0 Å². The lowest BCUT2D eigenvalue weighted by molar-refractivity contribution is 0.954. The molecular weight excluding hydrogens is 629 g/mol. The number of nitrogens with zero attached hydrogens (tertiary/aromatic N) is 4. The van der Waals surface area contributed by atoms with Crippen molar-refractivity contribution in [2.45, 2.75) is 0 Å². The predicted octanol–water partition coefficient (Wildman–Crippen LogP) is 12.0. The Kier molecular flexibility index (Phi) is 6.64. The molecule has 0 saturated carbocycles. The van der Waals surface area contributed by atoms with Crippen LogP contribution in [0.15, 0.2) is 170 Å². The molecule has 0 unspecified atom stereocenters. The third-order valence-corrected chi connectivity index (χ3v) is 10.6. The molecule has 0 N–H and O–H groups in total. The standard InChI is InChI=1S/C45H28N4S/c1-4-12-29(13-5-1)31-20-22-33(23-21-31)44-46-43(32-16-8-3-9-17-32)47-45(48-44)49-39-26-34(30-14-6-2-7-15-30)24-25-35(39)37-27-38-36-18-10-11-19-41(36)50-42(38)28-40(37)49/h1-28H. The maximum atomic E-state index is 5.24. The van der Waals surface area contributed by atoms with E-state index in [-0.39, 0.29) is 0 Å². The molecule has 0 aliphatic rings. The zero-order valence-corrected chi connectivity index (χ0v) is 27.7. The molecule has 234 valence electrons. The van der Waals surface area contributed by atoms with E-state index in [1.807, 2.05) is 35.6 Å². The van der Waals surface area contributed by atoms with Gasteiger partial charge in [0, 0.05) is 42.1 Å². The number of aromatic nitrogens is 4. The Balaban J connectivity index is 1.25. The van der Waals surface area contributed by atoms with Crippen molar-refractivity contribution in [1.29, 1.82) is 0 Å². The lowest BCUT2D eigenvalue weighted by atomic mass is 10.0. The van der Waals surface area contributed by atoms with Crippen LogP contribution in [0.25, 0.3) is 93.0 Å². The second-order valence-corrected chi connectivity index (χ2v) is 13.6. The molecule has 0 amide bonds. The lowest BCUT2D eigenvalue weighted by Crippen LogP contribution is -2.06. The van der Waals surface area contributed by atoms with Gasteiger partial charge in [0.2, 0.25) is 5.95 Å². The summed E-state index contributed by atoms with van der Waals surface area (Å²) >= 11 is 1.82. The van der Waals surface area contributed by atoms with E-state index in [0.717, 1.165) is 44.2 Å². The van der Waals surface area contributed by atoms with Crippen LogP contribution in [0, 0.1) is 0 Å². The summed E-state index contributed by atoms with van der Waals surface area (Å²) in [6, 6.07) is 59.7. The highest BCUT2D eigenvalue weighted by atomic mass is 32.1. The fraction of sp³-hybridized carbons (Fsp3) is 0. The van der Waals surface area contributed by atoms with Gasteiger partial charge in [-0.3, -0.25) is 4.57 Å². The Morgan fingerprint density at radius 2 is 0.860 bits per heavy atom. The molecule has 50 heavy (non-hydrogen) atoms. The molecule has 0 saturated heterocycles. The third kappa shape index (κ3) is 4.79. The number of fused-ring (bicyclic) bond motifs is 6. The Labute approximate surface area is 292 Å². The minimum Gasteiger partial charge on any atom is -0.278 e. The summed E-state index contributed by atoms with van der Waals surface area (Å²) in [5.41, 5.74) is 8.63. The summed E-state index contributed by atoms with van der Waals surface area (Å²) in [7, 11) is 0. The maximum absolute atomic E-state index is 5.24. The second-order valence-electron chi connectivity index (χ2n) is 12.5. The smallest absolute Gasteiger partial charge is 0.238 e. The normalized spacial score (nSPS) is 11.6.